The molecule has 1 fully saturated rings. The minimum absolute atomic E-state index is 0.118. The Balaban J connectivity index is 1.52. The van der Waals surface area contributed by atoms with Crippen molar-refractivity contribution in [2.45, 2.75) is 6.42 Å². The van der Waals surface area contributed by atoms with E-state index < -0.39 is 0 Å². The molecule has 3 rings (SSSR count). The van der Waals surface area contributed by atoms with Gasteiger partial charge in [0.1, 0.15) is 5.75 Å². The first-order valence-electron chi connectivity index (χ1n) is 8.87. The van der Waals surface area contributed by atoms with Crippen LogP contribution < -0.4 is 10.1 Å². The molecule has 0 spiro atoms. The number of ether oxygens (including phenoxy) is 1. The Bertz CT molecular complexity index is 959. The molecule has 150 valence electrons. The molecule has 1 N–H and O–H groups in total. The molecule has 1 heterocycles. The first-order valence-corrected chi connectivity index (χ1v) is 10.1. The van der Waals surface area contributed by atoms with Gasteiger partial charge in [-0.25, -0.2) is 0 Å². The van der Waals surface area contributed by atoms with E-state index in [-0.39, 0.29) is 36.6 Å². The summed E-state index contributed by atoms with van der Waals surface area (Å²) < 4.78 is 5.14. The van der Waals surface area contributed by atoms with E-state index in [0.29, 0.717) is 15.7 Å². The zero-order valence-electron chi connectivity index (χ0n) is 15.7. The Kier molecular flexibility index (Phi) is 6.95. The maximum Gasteiger partial charge on any atom is 0.293 e. The molecule has 2 aromatic carbocycles. The number of halogens is 1. The lowest BCUT2D eigenvalue weighted by molar-refractivity contribution is -0.124. The molecule has 0 radical (unpaired) electrons. The first kappa shape index (κ1) is 21.0. The van der Waals surface area contributed by atoms with Crippen LogP contribution in [0.4, 0.5) is 4.79 Å². The fourth-order valence-electron chi connectivity index (χ4n) is 2.74. The Hall–Kier alpha value is -2.77. The monoisotopic (exact) mass is 430 g/mol. The summed E-state index contributed by atoms with van der Waals surface area (Å²) in [5.74, 6) is 0.125. The summed E-state index contributed by atoms with van der Waals surface area (Å²) in [6.07, 6.45) is 1.85. The summed E-state index contributed by atoms with van der Waals surface area (Å²) in [5, 5.41) is 2.99. The third-order valence-electron chi connectivity index (χ3n) is 4.20. The van der Waals surface area contributed by atoms with Crippen LogP contribution >= 0.6 is 23.4 Å². The fraction of sp³-hybridized carbons (Fsp3) is 0.190. The van der Waals surface area contributed by atoms with Crippen LogP contribution in [0.25, 0.3) is 6.08 Å². The molecule has 1 aliphatic rings. The van der Waals surface area contributed by atoms with Crippen LogP contribution in [-0.4, -0.2) is 42.2 Å². The number of carbonyl (C=O) groups excluding carboxylic acids is 3. The number of amides is 3. The van der Waals surface area contributed by atoms with Crippen molar-refractivity contribution in [3.63, 3.8) is 0 Å². The topological polar surface area (TPSA) is 75.7 Å². The number of nitrogens with one attached hydrogen (secondary N) is 1. The Morgan fingerprint density at radius 1 is 1.21 bits per heavy atom. The molecule has 0 aliphatic carbocycles. The number of imide groups is 1. The zero-order valence-corrected chi connectivity index (χ0v) is 17.3. The summed E-state index contributed by atoms with van der Waals surface area (Å²) >= 11 is 6.74. The molecule has 29 heavy (non-hydrogen) atoms. The van der Waals surface area contributed by atoms with Gasteiger partial charge < -0.3 is 10.1 Å². The van der Waals surface area contributed by atoms with E-state index >= 15 is 0 Å². The molecular formula is C21H19ClN2O4S. The SMILES string of the molecule is COc1cccc(CC(=O)NCCN2C(=O)S/C(=C\c3ccc(Cl)cc3)C2=O)c1. The van der Waals surface area contributed by atoms with Gasteiger partial charge in [0.25, 0.3) is 11.1 Å². The predicted molar refractivity (Wildman–Crippen MR) is 114 cm³/mol. The molecule has 0 bridgehead atoms. The largest absolute Gasteiger partial charge is 0.497 e. The molecule has 6 nitrogen and oxygen atoms in total. The van der Waals surface area contributed by atoms with Gasteiger partial charge in [0, 0.05) is 18.1 Å². The molecule has 1 saturated heterocycles. The average Bonchev–Trinajstić information content (AvgIpc) is 2.97. The average molecular weight is 431 g/mol. The number of carbonyl (C=O) groups is 3. The van der Waals surface area contributed by atoms with Crippen LogP contribution in [0.15, 0.2) is 53.4 Å². The quantitative estimate of drug-likeness (QED) is 0.677. The Labute approximate surface area is 177 Å². The summed E-state index contributed by atoms with van der Waals surface area (Å²) in [4.78, 5) is 38.2. The Morgan fingerprint density at radius 3 is 2.69 bits per heavy atom. The van der Waals surface area contributed by atoms with Crippen molar-refractivity contribution in [3.05, 3.63) is 69.6 Å². The third kappa shape index (κ3) is 5.62. The highest BCUT2D eigenvalue weighted by molar-refractivity contribution is 8.18. The van der Waals surface area contributed by atoms with E-state index in [4.69, 9.17) is 16.3 Å². The molecule has 0 saturated carbocycles. The van der Waals surface area contributed by atoms with Gasteiger partial charge in [-0.15, -0.1) is 0 Å². The van der Waals surface area contributed by atoms with Crippen molar-refractivity contribution in [3.8, 4) is 5.75 Å². The van der Waals surface area contributed by atoms with E-state index in [0.717, 1.165) is 27.8 Å². The van der Waals surface area contributed by atoms with Crippen molar-refractivity contribution in [1.82, 2.24) is 10.2 Å². The summed E-state index contributed by atoms with van der Waals surface area (Å²) in [7, 11) is 1.57. The standard InChI is InChI=1S/C21H19ClN2O4S/c1-28-17-4-2-3-15(11-17)13-19(25)23-9-10-24-20(26)18(29-21(24)27)12-14-5-7-16(22)8-6-14/h2-8,11-12H,9-10,13H2,1H3,(H,23,25)/b18-12-. The van der Waals surface area contributed by atoms with Gasteiger partial charge >= 0.3 is 0 Å². The lowest BCUT2D eigenvalue weighted by atomic mass is 10.1. The third-order valence-corrected chi connectivity index (χ3v) is 5.36. The van der Waals surface area contributed by atoms with Crippen LogP contribution in [0.2, 0.25) is 5.02 Å². The number of rotatable bonds is 7. The molecule has 0 unspecified atom stereocenters. The van der Waals surface area contributed by atoms with Crippen molar-refractivity contribution < 1.29 is 19.1 Å². The maximum absolute atomic E-state index is 12.5. The Morgan fingerprint density at radius 2 is 1.97 bits per heavy atom. The highest BCUT2D eigenvalue weighted by Gasteiger charge is 2.34. The molecule has 8 heteroatoms. The van der Waals surface area contributed by atoms with Crippen LogP contribution in [0.5, 0.6) is 5.75 Å². The van der Waals surface area contributed by atoms with Crippen molar-refractivity contribution in [2.24, 2.45) is 0 Å². The zero-order chi connectivity index (χ0) is 20.8. The lowest BCUT2D eigenvalue weighted by Gasteiger charge is -2.13. The van der Waals surface area contributed by atoms with E-state index in [1.807, 2.05) is 12.1 Å². The van der Waals surface area contributed by atoms with E-state index in [1.165, 1.54) is 0 Å². The molecule has 0 aromatic heterocycles. The minimum Gasteiger partial charge on any atom is -0.497 e. The van der Waals surface area contributed by atoms with E-state index in [2.05, 4.69) is 5.32 Å². The second-order valence-electron chi connectivity index (χ2n) is 6.26. The minimum atomic E-state index is -0.364. The molecular weight excluding hydrogens is 412 g/mol. The summed E-state index contributed by atoms with van der Waals surface area (Å²) in [6.45, 7) is 0.307. The van der Waals surface area contributed by atoms with Gasteiger partial charge in [0.15, 0.2) is 0 Å². The highest BCUT2D eigenvalue weighted by Crippen LogP contribution is 2.32. The predicted octanol–water partition coefficient (Wildman–Crippen LogP) is 3.74. The number of thioether (sulfide) groups is 1. The normalized spacial score (nSPS) is 15.1. The van der Waals surface area contributed by atoms with Gasteiger partial charge in [-0.2, -0.15) is 0 Å². The molecule has 1 aliphatic heterocycles. The number of hydrogen-bond donors (Lipinski definition) is 1. The van der Waals surface area contributed by atoms with Crippen LogP contribution in [0, 0.1) is 0 Å². The summed E-state index contributed by atoms with van der Waals surface area (Å²) in [5.41, 5.74) is 1.60. The van der Waals surface area contributed by atoms with Crippen molar-refractivity contribution >= 4 is 46.5 Å². The van der Waals surface area contributed by atoms with Crippen LogP contribution in [-0.2, 0) is 16.0 Å². The molecule has 3 amide bonds. The molecule has 2 aromatic rings. The number of methoxy groups -OCH3 is 1. The van der Waals surface area contributed by atoms with Gasteiger partial charge in [-0.1, -0.05) is 35.9 Å². The highest BCUT2D eigenvalue weighted by atomic mass is 35.5. The van der Waals surface area contributed by atoms with Gasteiger partial charge in [0.2, 0.25) is 5.91 Å². The maximum atomic E-state index is 12.5. The van der Waals surface area contributed by atoms with Crippen molar-refractivity contribution in [1.29, 1.82) is 0 Å². The van der Waals surface area contributed by atoms with E-state index in [9.17, 15) is 14.4 Å². The van der Waals surface area contributed by atoms with Gasteiger partial charge in [-0.05, 0) is 53.2 Å². The number of nitrogens with zero attached hydrogens (tertiary/aromatic N) is 1. The van der Waals surface area contributed by atoms with Crippen LogP contribution in [0.3, 0.4) is 0 Å². The fourth-order valence-corrected chi connectivity index (χ4v) is 3.73. The van der Waals surface area contributed by atoms with Crippen molar-refractivity contribution in [2.75, 3.05) is 20.2 Å². The summed E-state index contributed by atoms with van der Waals surface area (Å²) in [6, 6.07) is 14.2. The smallest absolute Gasteiger partial charge is 0.293 e. The van der Waals surface area contributed by atoms with Gasteiger partial charge in [0.05, 0.1) is 18.4 Å². The van der Waals surface area contributed by atoms with Gasteiger partial charge in [-0.3, -0.25) is 19.3 Å². The second kappa shape index (κ2) is 9.62. The number of benzene rings is 2. The first-order chi connectivity index (χ1) is 14.0. The molecule has 0 atom stereocenters. The van der Waals surface area contributed by atoms with Crippen LogP contribution in [0.1, 0.15) is 11.1 Å². The number of hydrogen-bond acceptors (Lipinski definition) is 5. The van der Waals surface area contributed by atoms with E-state index in [1.54, 1.807) is 49.6 Å². The lowest BCUT2D eigenvalue weighted by Crippen LogP contribution is -2.37. The second-order valence-corrected chi connectivity index (χ2v) is 7.69.